The molecular weight excluding hydrogens is 407 g/mol. The van der Waals surface area contributed by atoms with Crippen LogP contribution < -0.4 is 10.5 Å². The molecule has 2 aromatic carbocycles. The molecule has 1 aliphatic rings. The van der Waals surface area contributed by atoms with E-state index in [-0.39, 0.29) is 30.2 Å². The van der Waals surface area contributed by atoms with Gasteiger partial charge in [0.25, 0.3) is 0 Å². The maximum Gasteiger partial charge on any atom is 0.243 e. The number of nitrogens with zero attached hydrogens (tertiary/aromatic N) is 1. The first kappa shape index (κ1) is 20.6. The lowest BCUT2D eigenvalue weighted by atomic mass is 9.92. The second kappa shape index (κ2) is 8.46. The van der Waals surface area contributed by atoms with Crippen LogP contribution in [-0.2, 0) is 14.8 Å². The first-order chi connectivity index (χ1) is 13.3. The second-order valence-corrected chi connectivity index (χ2v) is 9.02. The third kappa shape index (κ3) is 4.81. The van der Waals surface area contributed by atoms with E-state index in [0.29, 0.717) is 17.2 Å². The number of nitrogens with two attached hydrogens (primary N) is 1. The molecule has 0 aliphatic carbocycles. The Bertz CT molecular complexity index is 953. The van der Waals surface area contributed by atoms with Crippen molar-refractivity contribution in [2.75, 3.05) is 13.1 Å². The van der Waals surface area contributed by atoms with E-state index in [0.717, 1.165) is 0 Å². The van der Waals surface area contributed by atoms with Crippen LogP contribution >= 0.6 is 11.6 Å². The molecule has 0 saturated carbocycles. The molecule has 0 spiro atoms. The molecular formula is C19H20ClFN2O4S. The van der Waals surface area contributed by atoms with Crippen molar-refractivity contribution >= 4 is 27.5 Å². The highest BCUT2D eigenvalue weighted by atomic mass is 35.5. The summed E-state index contributed by atoms with van der Waals surface area (Å²) >= 11 is 5.92. The summed E-state index contributed by atoms with van der Waals surface area (Å²) in [6, 6.07) is 11.6. The maximum atomic E-state index is 13.1. The normalized spacial score (nSPS) is 20.6. The molecule has 1 heterocycles. The number of hydrogen-bond donors (Lipinski definition) is 1. The minimum absolute atomic E-state index is 0.0204. The predicted octanol–water partition coefficient (Wildman–Crippen LogP) is 2.81. The van der Waals surface area contributed by atoms with Gasteiger partial charge in [-0.3, -0.25) is 4.79 Å². The van der Waals surface area contributed by atoms with Gasteiger partial charge in [0.05, 0.1) is 4.90 Å². The third-order valence-corrected chi connectivity index (χ3v) is 6.72. The SMILES string of the molecule is NC(=O)C[C@H]1CN(S(=O)(=O)c2cccc(Cl)c2)CC[C@@H]1Oc1ccc(F)cc1. The Balaban J connectivity index is 1.79. The van der Waals surface area contributed by atoms with Crippen molar-refractivity contribution in [1.29, 1.82) is 0 Å². The van der Waals surface area contributed by atoms with E-state index in [1.54, 1.807) is 12.1 Å². The van der Waals surface area contributed by atoms with Gasteiger partial charge in [-0.2, -0.15) is 4.31 Å². The Morgan fingerprint density at radius 3 is 2.61 bits per heavy atom. The summed E-state index contributed by atoms with van der Waals surface area (Å²) in [6.45, 7) is 0.305. The highest BCUT2D eigenvalue weighted by Gasteiger charge is 2.37. The lowest BCUT2D eigenvalue weighted by Crippen LogP contribution is -2.48. The molecule has 28 heavy (non-hydrogen) atoms. The average Bonchev–Trinajstić information content (AvgIpc) is 2.64. The van der Waals surface area contributed by atoms with Crippen LogP contribution in [0.15, 0.2) is 53.4 Å². The van der Waals surface area contributed by atoms with Crippen molar-refractivity contribution in [2.45, 2.75) is 23.8 Å². The van der Waals surface area contributed by atoms with Crippen LogP contribution in [0.5, 0.6) is 5.75 Å². The van der Waals surface area contributed by atoms with E-state index in [1.165, 1.54) is 40.7 Å². The van der Waals surface area contributed by atoms with Crippen LogP contribution in [0.1, 0.15) is 12.8 Å². The quantitative estimate of drug-likeness (QED) is 0.769. The van der Waals surface area contributed by atoms with Gasteiger partial charge in [-0.05, 0) is 48.9 Å². The fraction of sp³-hybridized carbons (Fsp3) is 0.316. The van der Waals surface area contributed by atoms with Gasteiger partial charge in [-0.1, -0.05) is 17.7 Å². The lowest BCUT2D eigenvalue weighted by molar-refractivity contribution is -0.120. The van der Waals surface area contributed by atoms with Gasteiger partial charge in [0.2, 0.25) is 15.9 Å². The predicted molar refractivity (Wildman–Crippen MR) is 103 cm³/mol. The summed E-state index contributed by atoms with van der Waals surface area (Å²) in [5, 5.41) is 0.323. The summed E-state index contributed by atoms with van der Waals surface area (Å²) in [5.74, 6) is -0.902. The third-order valence-electron chi connectivity index (χ3n) is 4.63. The molecule has 0 bridgehead atoms. The van der Waals surface area contributed by atoms with Crippen molar-refractivity contribution < 1.29 is 22.3 Å². The minimum Gasteiger partial charge on any atom is -0.490 e. The highest BCUT2D eigenvalue weighted by molar-refractivity contribution is 7.89. The molecule has 1 saturated heterocycles. The fourth-order valence-electron chi connectivity index (χ4n) is 3.27. The number of sulfonamides is 1. The Kier molecular flexibility index (Phi) is 6.22. The topological polar surface area (TPSA) is 89.7 Å². The van der Waals surface area contributed by atoms with Crippen LogP contribution in [0.25, 0.3) is 0 Å². The van der Waals surface area contributed by atoms with Crippen LogP contribution in [0.3, 0.4) is 0 Å². The van der Waals surface area contributed by atoms with Crippen LogP contribution in [-0.4, -0.2) is 37.8 Å². The molecule has 1 amide bonds. The molecule has 0 unspecified atom stereocenters. The Hall–Kier alpha value is -2.16. The Morgan fingerprint density at radius 2 is 1.96 bits per heavy atom. The molecule has 3 rings (SSSR count). The molecule has 2 atom stereocenters. The molecule has 2 aromatic rings. The zero-order valence-electron chi connectivity index (χ0n) is 14.9. The molecule has 1 aliphatic heterocycles. The minimum atomic E-state index is -3.76. The fourth-order valence-corrected chi connectivity index (χ4v) is 5.08. The molecule has 9 heteroatoms. The largest absolute Gasteiger partial charge is 0.490 e. The van der Waals surface area contributed by atoms with Gasteiger partial charge in [0.1, 0.15) is 17.7 Å². The number of amides is 1. The van der Waals surface area contributed by atoms with Crippen molar-refractivity contribution in [1.82, 2.24) is 4.31 Å². The lowest BCUT2D eigenvalue weighted by Gasteiger charge is -2.37. The van der Waals surface area contributed by atoms with E-state index in [2.05, 4.69) is 0 Å². The molecule has 0 radical (unpaired) electrons. The van der Waals surface area contributed by atoms with Gasteiger partial charge in [-0.15, -0.1) is 0 Å². The van der Waals surface area contributed by atoms with Gasteiger partial charge in [0.15, 0.2) is 0 Å². The zero-order valence-corrected chi connectivity index (χ0v) is 16.5. The number of piperidine rings is 1. The number of carbonyl (C=O) groups is 1. The number of ether oxygens (including phenoxy) is 1. The number of rotatable bonds is 6. The summed E-state index contributed by atoms with van der Waals surface area (Å²) in [5.41, 5.74) is 5.35. The molecule has 1 fully saturated rings. The summed E-state index contributed by atoms with van der Waals surface area (Å²) in [4.78, 5) is 11.6. The summed E-state index contributed by atoms with van der Waals surface area (Å²) in [7, 11) is -3.76. The molecule has 0 aromatic heterocycles. The van der Waals surface area contributed by atoms with Crippen LogP contribution in [0, 0.1) is 11.7 Å². The number of benzene rings is 2. The first-order valence-electron chi connectivity index (χ1n) is 8.72. The Morgan fingerprint density at radius 1 is 1.25 bits per heavy atom. The van der Waals surface area contributed by atoms with E-state index in [4.69, 9.17) is 22.1 Å². The number of carbonyl (C=O) groups excluding carboxylic acids is 1. The zero-order chi connectivity index (χ0) is 20.3. The Labute approximate surface area is 168 Å². The van der Waals surface area contributed by atoms with E-state index < -0.39 is 28.0 Å². The van der Waals surface area contributed by atoms with E-state index >= 15 is 0 Å². The second-order valence-electron chi connectivity index (χ2n) is 6.65. The number of hydrogen-bond acceptors (Lipinski definition) is 4. The van der Waals surface area contributed by atoms with E-state index in [1.807, 2.05) is 0 Å². The first-order valence-corrected chi connectivity index (χ1v) is 10.5. The number of halogens is 2. The number of primary amides is 1. The average molecular weight is 427 g/mol. The maximum absolute atomic E-state index is 13.1. The van der Waals surface area contributed by atoms with Gasteiger partial charge in [-0.25, -0.2) is 12.8 Å². The van der Waals surface area contributed by atoms with Gasteiger partial charge < -0.3 is 10.5 Å². The standard InChI is InChI=1S/C19H20ClFN2O4S/c20-14-2-1-3-17(11-14)28(25,26)23-9-8-18(13(12-23)10-19(22)24)27-16-6-4-15(21)5-7-16/h1-7,11,13,18H,8-10,12H2,(H2,22,24)/t13-,18-/m0/s1. The summed E-state index contributed by atoms with van der Waals surface area (Å²) < 4.78 is 46.2. The van der Waals surface area contributed by atoms with E-state index in [9.17, 15) is 17.6 Å². The van der Waals surface area contributed by atoms with Crippen molar-refractivity contribution in [3.05, 3.63) is 59.4 Å². The molecule has 150 valence electrons. The molecule has 2 N–H and O–H groups in total. The van der Waals surface area contributed by atoms with Crippen molar-refractivity contribution in [3.8, 4) is 5.75 Å². The highest BCUT2D eigenvalue weighted by Crippen LogP contribution is 2.29. The van der Waals surface area contributed by atoms with Gasteiger partial charge >= 0.3 is 0 Å². The monoisotopic (exact) mass is 426 g/mol. The van der Waals surface area contributed by atoms with Crippen LogP contribution in [0.2, 0.25) is 5.02 Å². The van der Waals surface area contributed by atoms with Gasteiger partial charge in [0, 0.05) is 30.5 Å². The van der Waals surface area contributed by atoms with Crippen molar-refractivity contribution in [3.63, 3.8) is 0 Å². The molecule has 6 nitrogen and oxygen atoms in total. The van der Waals surface area contributed by atoms with Crippen LogP contribution in [0.4, 0.5) is 4.39 Å². The smallest absolute Gasteiger partial charge is 0.243 e. The van der Waals surface area contributed by atoms with Crippen molar-refractivity contribution in [2.24, 2.45) is 11.7 Å². The summed E-state index contributed by atoms with van der Waals surface area (Å²) in [6.07, 6.45) is -0.0634.